The van der Waals surface area contributed by atoms with Gasteiger partial charge in [0.15, 0.2) is 0 Å². The number of likely N-dealkylation sites (tertiary alicyclic amines) is 2. The summed E-state index contributed by atoms with van der Waals surface area (Å²) >= 11 is 1.59. The van der Waals surface area contributed by atoms with Gasteiger partial charge in [0.2, 0.25) is 11.8 Å². The van der Waals surface area contributed by atoms with E-state index in [9.17, 15) is 14.7 Å². The minimum absolute atomic E-state index is 0.0521. The molecule has 2 aromatic heterocycles. The van der Waals surface area contributed by atoms with Crippen LogP contribution < -0.4 is 0 Å². The van der Waals surface area contributed by atoms with Gasteiger partial charge < -0.3 is 19.5 Å². The Hall–Kier alpha value is -2.26. The number of aliphatic hydroxyl groups is 1. The molecule has 2 unspecified atom stereocenters. The van der Waals surface area contributed by atoms with Gasteiger partial charge in [-0.05, 0) is 46.5 Å². The molecule has 2 aromatic rings. The average Bonchev–Trinajstić information content (AvgIpc) is 3.51. The van der Waals surface area contributed by atoms with E-state index in [1.54, 1.807) is 11.3 Å². The Morgan fingerprint density at radius 3 is 2.73 bits per heavy atom. The van der Waals surface area contributed by atoms with E-state index >= 15 is 0 Å². The lowest BCUT2D eigenvalue weighted by molar-refractivity contribution is -0.141. The van der Waals surface area contributed by atoms with Crippen LogP contribution in [0, 0.1) is 12.3 Å². The fourth-order valence-corrected chi connectivity index (χ4v) is 6.21. The summed E-state index contributed by atoms with van der Waals surface area (Å²) in [4.78, 5) is 40.0. The first-order chi connectivity index (χ1) is 15.7. The van der Waals surface area contributed by atoms with Crippen LogP contribution in [0.2, 0.25) is 0 Å². The van der Waals surface area contributed by atoms with Gasteiger partial charge in [0.05, 0.1) is 46.7 Å². The van der Waals surface area contributed by atoms with Gasteiger partial charge >= 0.3 is 0 Å². The monoisotopic (exact) mass is 471 g/mol. The van der Waals surface area contributed by atoms with E-state index < -0.39 is 11.0 Å². The summed E-state index contributed by atoms with van der Waals surface area (Å²) in [5.41, 5.74) is 0.261. The fourth-order valence-electron chi connectivity index (χ4n) is 5.60. The van der Waals surface area contributed by atoms with Gasteiger partial charge in [-0.3, -0.25) is 9.59 Å². The molecule has 9 heteroatoms. The van der Waals surface area contributed by atoms with Crippen LogP contribution in [0.1, 0.15) is 74.3 Å². The van der Waals surface area contributed by atoms with Gasteiger partial charge in [0, 0.05) is 43.2 Å². The molecule has 3 fully saturated rings. The van der Waals surface area contributed by atoms with E-state index in [1.807, 2.05) is 34.6 Å². The van der Waals surface area contributed by atoms with Crippen molar-refractivity contribution in [2.75, 3.05) is 19.6 Å². The Bertz CT molecular complexity index is 1060. The molecule has 2 amide bonds. The molecule has 2 aliphatic heterocycles. The molecule has 0 radical (unpaired) electrons. The number of hydrogen-bond donors (Lipinski definition) is 1. The summed E-state index contributed by atoms with van der Waals surface area (Å²) in [6, 6.07) is 0.276. The Balaban J connectivity index is 1.41. The van der Waals surface area contributed by atoms with Crippen LogP contribution in [-0.4, -0.2) is 66.5 Å². The van der Waals surface area contributed by atoms with E-state index in [2.05, 4.69) is 28.4 Å². The highest BCUT2D eigenvalue weighted by molar-refractivity contribution is 7.09. The second-order valence-corrected chi connectivity index (χ2v) is 11.5. The number of rotatable bonds is 6. The molecule has 8 nitrogen and oxygen atoms in total. The topological polar surface area (TPSA) is 91.6 Å². The molecule has 2 atom stereocenters. The Kier molecular flexibility index (Phi) is 5.60. The van der Waals surface area contributed by atoms with Crippen molar-refractivity contribution >= 4 is 23.2 Å². The van der Waals surface area contributed by atoms with Crippen molar-refractivity contribution < 1.29 is 14.7 Å². The standard InChI is InChI=1S/C24H33N5O3S/c1-16(2)29-12-20(25-15-29)19-11-28(21(30)9-23(32)5-4-6-23)14-24(19)7-8-27(22(24)31)10-18-13-33-17(3)26-18/h12-13,15-16,19,32H,4-11,14H2,1-3H3. The lowest BCUT2D eigenvalue weighted by atomic mass is 9.75. The molecule has 1 aliphatic carbocycles. The number of carbonyl (C=O) groups is 2. The predicted octanol–water partition coefficient (Wildman–Crippen LogP) is 2.88. The van der Waals surface area contributed by atoms with Crippen LogP contribution >= 0.6 is 11.3 Å². The number of amides is 2. The first-order valence-electron chi connectivity index (χ1n) is 11.9. The van der Waals surface area contributed by atoms with Gasteiger partial charge in [-0.25, -0.2) is 9.97 Å². The van der Waals surface area contributed by atoms with Crippen molar-refractivity contribution in [3.8, 4) is 0 Å². The summed E-state index contributed by atoms with van der Waals surface area (Å²) in [5, 5.41) is 13.6. The number of hydrogen-bond acceptors (Lipinski definition) is 6. The van der Waals surface area contributed by atoms with Crippen LogP contribution in [0.5, 0.6) is 0 Å². The molecule has 178 valence electrons. The van der Waals surface area contributed by atoms with Gasteiger partial charge in [-0.2, -0.15) is 0 Å². The molecular weight excluding hydrogens is 438 g/mol. The van der Waals surface area contributed by atoms with Crippen molar-refractivity contribution in [1.82, 2.24) is 24.3 Å². The third kappa shape index (κ3) is 3.99. The summed E-state index contributed by atoms with van der Waals surface area (Å²) in [6.07, 6.45) is 7.02. The second kappa shape index (κ2) is 8.20. The second-order valence-electron chi connectivity index (χ2n) is 10.4. The third-order valence-electron chi connectivity index (χ3n) is 7.80. The Labute approximate surface area is 198 Å². The fraction of sp³-hybridized carbons (Fsp3) is 0.667. The maximum absolute atomic E-state index is 13.9. The number of imidazole rings is 1. The van der Waals surface area contributed by atoms with Crippen molar-refractivity contribution in [2.45, 2.75) is 77.0 Å². The van der Waals surface area contributed by atoms with E-state index in [-0.39, 0.29) is 30.2 Å². The van der Waals surface area contributed by atoms with Crippen molar-refractivity contribution in [1.29, 1.82) is 0 Å². The van der Waals surface area contributed by atoms with Crippen LogP contribution in [0.15, 0.2) is 17.9 Å². The van der Waals surface area contributed by atoms with Crippen LogP contribution in [0.4, 0.5) is 0 Å². The zero-order valence-corrected chi connectivity index (χ0v) is 20.5. The van der Waals surface area contributed by atoms with Crippen molar-refractivity contribution in [2.24, 2.45) is 5.41 Å². The highest BCUT2D eigenvalue weighted by Gasteiger charge is 2.59. The van der Waals surface area contributed by atoms with Gasteiger partial charge in [-0.1, -0.05) is 0 Å². The number of aromatic nitrogens is 3. The maximum Gasteiger partial charge on any atom is 0.231 e. The molecule has 33 heavy (non-hydrogen) atoms. The van der Waals surface area contributed by atoms with E-state index in [4.69, 9.17) is 0 Å². The number of aryl methyl sites for hydroxylation is 1. The minimum atomic E-state index is -0.865. The lowest BCUT2D eigenvalue weighted by Gasteiger charge is -2.37. The molecule has 0 bridgehead atoms. The number of carbonyl (C=O) groups excluding carboxylic acids is 2. The predicted molar refractivity (Wildman–Crippen MR) is 125 cm³/mol. The van der Waals surface area contributed by atoms with Crippen molar-refractivity contribution in [3.05, 3.63) is 34.3 Å². The first kappa shape index (κ1) is 22.5. The SMILES string of the molecule is Cc1nc(CN2CCC3(CN(C(=O)CC4(O)CCC4)CC3c3cn(C(C)C)cn3)C2=O)cs1. The smallest absolute Gasteiger partial charge is 0.231 e. The first-order valence-corrected chi connectivity index (χ1v) is 12.8. The number of thiazole rings is 1. The number of nitrogens with zero attached hydrogens (tertiary/aromatic N) is 5. The summed E-state index contributed by atoms with van der Waals surface area (Å²) in [7, 11) is 0. The van der Waals surface area contributed by atoms with E-state index in [0.717, 1.165) is 22.8 Å². The van der Waals surface area contributed by atoms with E-state index in [0.29, 0.717) is 45.4 Å². The minimum Gasteiger partial charge on any atom is -0.389 e. The molecule has 1 N–H and O–H groups in total. The molecule has 1 saturated carbocycles. The third-order valence-corrected chi connectivity index (χ3v) is 8.62. The molecule has 4 heterocycles. The average molecular weight is 472 g/mol. The maximum atomic E-state index is 13.9. The zero-order valence-electron chi connectivity index (χ0n) is 19.7. The molecule has 3 aliphatic rings. The summed E-state index contributed by atoms with van der Waals surface area (Å²) < 4.78 is 2.06. The zero-order chi connectivity index (χ0) is 23.4. The normalized spacial score (nSPS) is 26.6. The molecule has 0 aromatic carbocycles. The van der Waals surface area contributed by atoms with Gasteiger partial charge in [0.25, 0.3) is 0 Å². The Morgan fingerprint density at radius 1 is 1.33 bits per heavy atom. The summed E-state index contributed by atoms with van der Waals surface area (Å²) in [6.45, 7) is 8.20. The lowest BCUT2D eigenvalue weighted by Crippen LogP contribution is -2.44. The van der Waals surface area contributed by atoms with Crippen LogP contribution in [-0.2, 0) is 16.1 Å². The largest absolute Gasteiger partial charge is 0.389 e. The molecule has 5 rings (SSSR count). The van der Waals surface area contributed by atoms with E-state index in [1.165, 1.54) is 0 Å². The Morgan fingerprint density at radius 2 is 2.12 bits per heavy atom. The quantitative estimate of drug-likeness (QED) is 0.700. The molecule has 1 spiro atoms. The summed E-state index contributed by atoms with van der Waals surface area (Å²) in [5.74, 6) is -0.106. The van der Waals surface area contributed by atoms with Gasteiger partial charge in [-0.15, -0.1) is 11.3 Å². The highest BCUT2D eigenvalue weighted by Crippen LogP contribution is 2.50. The van der Waals surface area contributed by atoms with Crippen LogP contribution in [0.3, 0.4) is 0 Å². The van der Waals surface area contributed by atoms with Gasteiger partial charge in [0.1, 0.15) is 0 Å². The molecular formula is C24H33N5O3S. The highest BCUT2D eigenvalue weighted by atomic mass is 32.1. The van der Waals surface area contributed by atoms with Crippen LogP contribution in [0.25, 0.3) is 0 Å². The van der Waals surface area contributed by atoms with Crippen molar-refractivity contribution in [3.63, 3.8) is 0 Å². The molecule has 2 saturated heterocycles.